The zero-order valence-electron chi connectivity index (χ0n) is 12.7. The van der Waals surface area contributed by atoms with E-state index in [0.29, 0.717) is 17.1 Å². The Bertz CT molecular complexity index is 699. The van der Waals surface area contributed by atoms with Crippen LogP contribution in [-0.4, -0.2) is 27.3 Å². The van der Waals surface area contributed by atoms with Crippen LogP contribution in [-0.2, 0) is 4.74 Å². The van der Waals surface area contributed by atoms with Crippen LogP contribution in [0.15, 0.2) is 42.5 Å². The lowest BCUT2D eigenvalue weighted by atomic mass is 10.1. The molecule has 0 aliphatic rings. The molecule has 0 saturated carbocycles. The minimum atomic E-state index is -0.364. The first-order valence-corrected chi connectivity index (χ1v) is 6.59. The van der Waals surface area contributed by atoms with Crippen LogP contribution < -0.4 is 9.47 Å². The molecule has 2 aromatic carbocycles. The lowest BCUT2D eigenvalue weighted by molar-refractivity contribution is 0.0600. The highest BCUT2D eigenvalue weighted by atomic mass is 16.5. The summed E-state index contributed by atoms with van der Waals surface area (Å²) in [5, 5.41) is 0. The van der Waals surface area contributed by atoms with Gasteiger partial charge in [-0.15, -0.1) is 0 Å². The van der Waals surface area contributed by atoms with E-state index in [1.165, 1.54) is 7.11 Å². The number of carbonyl (C=O) groups excluding carboxylic acids is 1. The number of ether oxygens (including phenoxy) is 3. The summed E-state index contributed by atoms with van der Waals surface area (Å²) in [6, 6.07) is 12.4. The van der Waals surface area contributed by atoms with Gasteiger partial charge in [0.05, 0.1) is 26.9 Å². The van der Waals surface area contributed by atoms with Crippen LogP contribution in [0.4, 0.5) is 0 Å². The molecule has 0 unspecified atom stereocenters. The average Bonchev–Trinajstić information content (AvgIpc) is 2.59. The lowest BCUT2D eigenvalue weighted by Crippen LogP contribution is -2.00. The molecule has 4 heteroatoms. The van der Waals surface area contributed by atoms with E-state index in [9.17, 15) is 4.79 Å². The Morgan fingerprint density at radius 2 is 1.36 bits per heavy atom. The third-order valence-electron chi connectivity index (χ3n) is 3.01. The lowest BCUT2D eigenvalue weighted by Gasteiger charge is -2.04. The molecule has 2 aromatic rings. The first-order valence-electron chi connectivity index (χ1n) is 6.59. The predicted octanol–water partition coefficient (Wildman–Crippen LogP) is 2.89. The van der Waals surface area contributed by atoms with Gasteiger partial charge in [0.15, 0.2) is 0 Å². The Balaban J connectivity index is 2.24. The number of hydrogen-bond acceptors (Lipinski definition) is 4. The SMILES string of the molecule is COC(=O)c1ccc(C#Cc2cc(OC)cc(OC)c2)cc1. The van der Waals surface area contributed by atoms with E-state index in [1.807, 2.05) is 12.1 Å². The van der Waals surface area contributed by atoms with Gasteiger partial charge in [-0.05, 0) is 36.4 Å². The largest absolute Gasteiger partial charge is 0.497 e. The Labute approximate surface area is 129 Å². The molecule has 0 aromatic heterocycles. The molecule has 0 heterocycles. The molecule has 0 aliphatic carbocycles. The average molecular weight is 296 g/mol. The highest BCUT2D eigenvalue weighted by molar-refractivity contribution is 5.89. The fraction of sp³-hybridized carbons (Fsp3) is 0.167. The highest BCUT2D eigenvalue weighted by Gasteiger charge is 2.03. The topological polar surface area (TPSA) is 44.8 Å². The van der Waals surface area contributed by atoms with Crippen molar-refractivity contribution >= 4 is 5.97 Å². The maximum Gasteiger partial charge on any atom is 0.337 e. The molecule has 0 fully saturated rings. The Hall–Kier alpha value is -2.93. The summed E-state index contributed by atoms with van der Waals surface area (Å²) in [5.41, 5.74) is 2.08. The predicted molar refractivity (Wildman–Crippen MR) is 83.3 cm³/mol. The molecule has 0 saturated heterocycles. The van der Waals surface area contributed by atoms with Gasteiger partial charge in [0.1, 0.15) is 11.5 Å². The molecule has 2 rings (SSSR count). The van der Waals surface area contributed by atoms with Crippen molar-refractivity contribution in [2.24, 2.45) is 0 Å². The van der Waals surface area contributed by atoms with Gasteiger partial charge in [-0.1, -0.05) is 11.8 Å². The van der Waals surface area contributed by atoms with Gasteiger partial charge in [-0.25, -0.2) is 4.79 Å². The first-order chi connectivity index (χ1) is 10.7. The maximum atomic E-state index is 11.4. The number of carbonyl (C=O) groups is 1. The summed E-state index contributed by atoms with van der Waals surface area (Å²) < 4.78 is 15.1. The molecule has 22 heavy (non-hydrogen) atoms. The minimum Gasteiger partial charge on any atom is -0.497 e. The standard InChI is InChI=1S/C18H16O4/c1-20-16-10-14(11-17(12-16)21-2)5-4-13-6-8-15(9-7-13)18(19)22-3/h6-12H,1-3H3. The van der Waals surface area contributed by atoms with Crippen LogP contribution in [0.5, 0.6) is 11.5 Å². The van der Waals surface area contributed by atoms with E-state index in [4.69, 9.17) is 9.47 Å². The fourth-order valence-electron chi connectivity index (χ4n) is 1.83. The van der Waals surface area contributed by atoms with Gasteiger partial charge in [0.2, 0.25) is 0 Å². The molecule has 4 nitrogen and oxygen atoms in total. The van der Waals surface area contributed by atoms with Gasteiger partial charge in [-0.2, -0.15) is 0 Å². The number of benzene rings is 2. The van der Waals surface area contributed by atoms with Crippen LogP contribution in [0.1, 0.15) is 21.5 Å². The first kappa shape index (κ1) is 15.5. The summed E-state index contributed by atoms with van der Waals surface area (Å²) in [6.45, 7) is 0. The number of rotatable bonds is 3. The van der Waals surface area contributed by atoms with Crippen molar-refractivity contribution in [2.75, 3.05) is 21.3 Å². The smallest absolute Gasteiger partial charge is 0.337 e. The molecule has 0 aliphatic heterocycles. The molecular formula is C18H16O4. The van der Waals surface area contributed by atoms with Crippen molar-refractivity contribution in [3.05, 3.63) is 59.2 Å². The van der Waals surface area contributed by atoms with E-state index in [2.05, 4.69) is 16.6 Å². The summed E-state index contributed by atoms with van der Waals surface area (Å²) in [4.78, 5) is 11.4. The van der Waals surface area contributed by atoms with Crippen molar-refractivity contribution in [1.82, 2.24) is 0 Å². The molecule has 0 bridgehead atoms. The Morgan fingerprint density at radius 3 is 1.86 bits per heavy atom. The third kappa shape index (κ3) is 3.80. The van der Waals surface area contributed by atoms with E-state index in [-0.39, 0.29) is 5.97 Å². The third-order valence-corrected chi connectivity index (χ3v) is 3.01. The molecule has 0 amide bonds. The van der Waals surface area contributed by atoms with Crippen LogP contribution in [0.2, 0.25) is 0 Å². The number of esters is 1. The maximum absolute atomic E-state index is 11.4. The van der Waals surface area contributed by atoms with E-state index in [0.717, 1.165) is 11.1 Å². The van der Waals surface area contributed by atoms with Crippen molar-refractivity contribution in [3.63, 3.8) is 0 Å². The summed E-state index contributed by atoms with van der Waals surface area (Å²) >= 11 is 0. The summed E-state index contributed by atoms with van der Waals surface area (Å²) in [6.07, 6.45) is 0. The second-order valence-corrected chi connectivity index (χ2v) is 4.42. The summed E-state index contributed by atoms with van der Waals surface area (Å²) in [7, 11) is 4.54. The van der Waals surface area contributed by atoms with Gasteiger partial charge < -0.3 is 14.2 Å². The quantitative estimate of drug-likeness (QED) is 0.645. The van der Waals surface area contributed by atoms with Gasteiger partial charge in [0.25, 0.3) is 0 Å². The molecular weight excluding hydrogens is 280 g/mol. The molecule has 0 radical (unpaired) electrons. The van der Waals surface area contributed by atoms with Crippen LogP contribution in [0, 0.1) is 11.8 Å². The van der Waals surface area contributed by atoms with Crippen molar-refractivity contribution in [1.29, 1.82) is 0 Å². The molecule has 0 spiro atoms. The number of hydrogen-bond donors (Lipinski definition) is 0. The monoisotopic (exact) mass is 296 g/mol. The van der Waals surface area contributed by atoms with Crippen molar-refractivity contribution < 1.29 is 19.0 Å². The highest BCUT2D eigenvalue weighted by Crippen LogP contribution is 2.21. The van der Waals surface area contributed by atoms with Crippen molar-refractivity contribution in [2.45, 2.75) is 0 Å². The molecule has 0 atom stereocenters. The Morgan fingerprint density at radius 1 is 0.818 bits per heavy atom. The number of methoxy groups -OCH3 is 3. The van der Waals surface area contributed by atoms with Crippen LogP contribution in [0.3, 0.4) is 0 Å². The molecule has 0 N–H and O–H groups in total. The van der Waals surface area contributed by atoms with E-state index in [1.54, 1.807) is 44.6 Å². The van der Waals surface area contributed by atoms with E-state index < -0.39 is 0 Å². The van der Waals surface area contributed by atoms with Crippen LogP contribution >= 0.6 is 0 Å². The zero-order valence-corrected chi connectivity index (χ0v) is 12.7. The van der Waals surface area contributed by atoms with Gasteiger partial charge in [-0.3, -0.25) is 0 Å². The zero-order chi connectivity index (χ0) is 15.9. The van der Waals surface area contributed by atoms with Gasteiger partial charge in [0, 0.05) is 17.2 Å². The van der Waals surface area contributed by atoms with Gasteiger partial charge >= 0.3 is 5.97 Å². The van der Waals surface area contributed by atoms with Crippen LogP contribution in [0.25, 0.3) is 0 Å². The Kier molecular flexibility index (Phi) is 5.05. The minimum absolute atomic E-state index is 0.364. The molecule has 112 valence electrons. The second kappa shape index (κ2) is 7.19. The second-order valence-electron chi connectivity index (χ2n) is 4.42. The normalized spacial score (nSPS) is 9.41. The summed E-state index contributed by atoms with van der Waals surface area (Å²) in [5.74, 6) is 7.09. The van der Waals surface area contributed by atoms with Crippen molar-refractivity contribution in [3.8, 4) is 23.3 Å². The fourth-order valence-corrected chi connectivity index (χ4v) is 1.83. The van der Waals surface area contributed by atoms with E-state index >= 15 is 0 Å².